The minimum atomic E-state index is -3.76. The molecule has 1 aromatic carbocycles. The number of benzene rings is 1. The van der Waals surface area contributed by atoms with Gasteiger partial charge in [0, 0.05) is 25.2 Å². The van der Waals surface area contributed by atoms with E-state index in [4.69, 9.17) is 9.15 Å². The summed E-state index contributed by atoms with van der Waals surface area (Å²) in [5.41, 5.74) is 0.328. The van der Waals surface area contributed by atoms with Gasteiger partial charge in [-0.3, -0.25) is 14.5 Å². The third kappa shape index (κ3) is 6.32. The van der Waals surface area contributed by atoms with E-state index in [1.54, 1.807) is 25.3 Å². The topological polar surface area (TPSA) is 109 Å². The van der Waals surface area contributed by atoms with Gasteiger partial charge in [-0.2, -0.15) is 4.31 Å². The van der Waals surface area contributed by atoms with Crippen molar-refractivity contribution in [2.45, 2.75) is 30.7 Å². The number of rotatable bonds is 11. The Kier molecular flexibility index (Phi) is 9.01. The van der Waals surface area contributed by atoms with Crippen LogP contribution in [0.4, 0.5) is 0 Å². The number of esters is 1. The lowest BCUT2D eigenvalue weighted by Crippen LogP contribution is -2.40. The van der Waals surface area contributed by atoms with Crippen molar-refractivity contribution < 1.29 is 27.2 Å². The number of Topliss-reactive ketones (excluding diaryl/α,β-unsaturated/α-hetero) is 1. The Labute approximate surface area is 201 Å². The summed E-state index contributed by atoms with van der Waals surface area (Å²) in [6, 6.07) is 9.79. The van der Waals surface area contributed by atoms with Crippen molar-refractivity contribution in [3.05, 3.63) is 54.0 Å². The highest BCUT2D eigenvalue weighted by atomic mass is 32.2. The summed E-state index contributed by atoms with van der Waals surface area (Å²) in [6.45, 7) is 3.11. The first-order valence-corrected chi connectivity index (χ1v) is 12.9. The van der Waals surface area contributed by atoms with Crippen LogP contribution < -0.4 is 5.32 Å². The van der Waals surface area contributed by atoms with Crippen molar-refractivity contribution in [2.75, 3.05) is 46.9 Å². The molecule has 3 rings (SSSR count). The van der Waals surface area contributed by atoms with E-state index in [1.165, 1.54) is 16.4 Å². The summed E-state index contributed by atoms with van der Waals surface area (Å²) in [5, 5.41) is 3.15. The molecule has 0 amide bonds. The molecular weight excluding hydrogens is 458 g/mol. The number of ketones is 1. The van der Waals surface area contributed by atoms with Crippen molar-refractivity contribution >= 4 is 21.8 Å². The lowest BCUT2D eigenvalue weighted by molar-refractivity contribution is -0.149. The van der Waals surface area contributed by atoms with Crippen LogP contribution in [0.15, 0.2) is 52.0 Å². The van der Waals surface area contributed by atoms with Gasteiger partial charge >= 0.3 is 5.97 Å². The third-order valence-corrected chi connectivity index (χ3v) is 7.88. The molecule has 0 radical (unpaired) electrons. The molecule has 2 heterocycles. The first-order chi connectivity index (χ1) is 16.2. The predicted molar refractivity (Wildman–Crippen MR) is 127 cm³/mol. The Morgan fingerprint density at radius 3 is 2.56 bits per heavy atom. The van der Waals surface area contributed by atoms with Crippen molar-refractivity contribution in [2.24, 2.45) is 5.92 Å². The summed E-state index contributed by atoms with van der Waals surface area (Å²) >= 11 is 0. The van der Waals surface area contributed by atoms with E-state index < -0.39 is 10.0 Å². The van der Waals surface area contributed by atoms with Crippen LogP contribution in [-0.4, -0.2) is 76.3 Å². The molecule has 1 saturated heterocycles. The monoisotopic (exact) mass is 491 g/mol. The molecule has 1 aromatic heterocycles. The van der Waals surface area contributed by atoms with Crippen LogP contribution in [0.1, 0.15) is 41.9 Å². The molecule has 1 atom stereocenters. The normalized spacial score (nSPS) is 16.5. The number of carbonyl (C=O) groups excluding carboxylic acids is 2. The first kappa shape index (κ1) is 26.1. The fourth-order valence-electron chi connectivity index (χ4n) is 4.01. The Morgan fingerprint density at radius 1 is 1.21 bits per heavy atom. The van der Waals surface area contributed by atoms with Crippen molar-refractivity contribution in [3.63, 3.8) is 0 Å². The molecule has 10 heteroatoms. The molecule has 0 bridgehead atoms. The van der Waals surface area contributed by atoms with Crippen LogP contribution in [0, 0.1) is 5.92 Å². The number of ether oxygens (including phenoxy) is 1. The number of hydrogen-bond donors (Lipinski definition) is 1. The Bertz CT molecular complexity index is 1060. The molecular formula is C24H33N3O6S. The molecule has 9 nitrogen and oxygen atoms in total. The molecule has 1 aliphatic rings. The zero-order valence-electron chi connectivity index (χ0n) is 19.9. The molecule has 186 valence electrons. The summed E-state index contributed by atoms with van der Waals surface area (Å²) < 4.78 is 38.2. The van der Waals surface area contributed by atoms with Crippen LogP contribution in [0.3, 0.4) is 0 Å². The summed E-state index contributed by atoms with van der Waals surface area (Å²) in [7, 11) is 0.0975. The van der Waals surface area contributed by atoms with Gasteiger partial charge < -0.3 is 14.5 Å². The van der Waals surface area contributed by atoms with E-state index in [1.807, 2.05) is 31.1 Å². The highest BCUT2D eigenvalue weighted by Crippen LogP contribution is 2.25. The molecule has 0 aliphatic carbocycles. The average molecular weight is 492 g/mol. The van der Waals surface area contributed by atoms with E-state index in [-0.39, 0.29) is 48.2 Å². The molecule has 1 N–H and O–H groups in total. The number of nitrogens with zero attached hydrogens (tertiary/aromatic N) is 2. The van der Waals surface area contributed by atoms with Crippen LogP contribution in [0.2, 0.25) is 0 Å². The van der Waals surface area contributed by atoms with E-state index >= 15 is 0 Å². The van der Waals surface area contributed by atoms with Crippen LogP contribution in [-0.2, 0) is 19.6 Å². The summed E-state index contributed by atoms with van der Waals surface area (Å²) in [6.07, 6.45) is 2.45. The molecule has 1 aliphatic heterocycles. The van der Waals surface area contributed by atoms with Crippen LogP contribution in [0.5, 0.6) is 0 Å². The highest BCUT2D eigenvalue weighted by Gasteiger charge is 2.33. The first-order valence-electron chi connectivity index (χ1n) is 11.4. The minimum absolute atomic E-state index is 0.0351. The standard InChI is InChI=1S/C24H33N3O6S/c1-4-32-24(29)18-10-12-27(13-11-18)34(30,31)20-8-5-7-19(15-20)22(28)17-25-16-21(26(2)3)23-9-6-14-33-23/h5-9,14-15,18,21,25H,4,10-13,16-17H2,1-3H3. The van der Waals surface area contributed by atoms with Gasteiger partial charge in [0.05, 0.1) is 36.3 Å². The fraction of sp³-hybridized carbons (Fsp3) is 0.500. The van der Waals surface area contributed by atoms with Gasteiger partial charge in [0.15, 0.2) is 5.78 Å². The number of hydrogen-bond acceptors (Lipinski definition) is 8. The van der Waals surface area contributed by atoms with E-state index in [9.17, 15) is 18.0 Å². The van der Waals surface area contributed by atoms with Gasteiger partial charge in [0.25, 0.3) is 0 Å². The summed E-state index contributed by atoms with van der Waals surface area (Å²) in [5.74, 6) is 0.0422. The van der Waals surface area contributed by atoms with Gasteiger partial charge in [-0.25, -0.2) is 8.42 Å². The Hall–Kier alpha value is -2.53. The predicted octanol–water partition coefficient (Wildman–Crippen LogP) is 2.32. The second-order valence-electron chi connectivity index (χ2n) is 8.51. The second-order valence-corrected chi connectivity index (χ2v) is 10.4. The number of likely N-dealkylation sites (N-methyl/N-ethyl adjacent to an activating group) is 1. The SMILES string of the molecule is CCOC(=O)C1CCN(S(=O)(=O)c2cccc(C(=O)CNCC(c3ccco3)N(C)C)c2)CC1. The highest BCUT2D eigenvalue weighted by molar-refractivity contribution is 7.89. The van der Waals surface area contributed by atoms with Gasteiger partial charge in [-0.15, -0.1) is 0 Å². The van der Waals surface area contributed by atoms with Gasteiger partial charge in [0.1, 0.15) is 5.76 Å². The van der Waals surface area contributed by atoms with Crippen molar-refractivity contribution in [1.29, 1.82) is 0 Å². The lowest BCUT2D eigenvalue weighted by atomic mass is 9.98. The third-order valence-electron chi connectivity index (χ3n) is 5.99. The van der Waals surface area contributed by atoms with Gasteiger partial charge in [-0.1, -0.05) is 12.1 Å². The fourth-order valence-corrected chi connectivity index (χ4v) is 5.53. The molecule has 2 aromatic rings. The van der Waals surface area contributed by atoms with E-state index in [0.717, 1.165) is 5.76 Å². The summed E-state index contributed by atoms with van der Waals surface area (Å²) in [4.78, 5) is 26.8. The average Bonchev–Trinajstić information content (AvgIpc) is 3.36. The molecule has 1 unspecified atom stereocenters. The number of piperidine rings is 1. The molecule has 0 saturated carbocycles. The molecule has 0 spiro atoms. The molecule has 34 heavy (non-hydrogen) atoms. The van der Waals surface area contributed by atoms with Crippen LogP contribution >= 0.6 is 0 Å². The zero-order chi connectivity index (χ0) is 24.7. The lowest BCUT2D eigenvalue weighted by Gasteiger charge is -2.30. The Morgan fingerprint density at radius 2 is 1.94 bits per heavy atom. The minimum Gasteiger partial charge on any atom is -0.468 e. The van der Waals surface area contributed by atoms with E-state index in [0.29, 0.717) is 31.6 Å². The van der Waals surface area contributed by atoms with Crippen molar-refractivity contribution in [1.82, 2.24) is 14.5 Å². The number of carbonyl (C=O) groups is 2. The van der Waals surface area contributed by atoms with E-state index in [2.05, 4.69) is 5.32 Å². The maximum atomic E-state index is 13.1. The quantitative estimate of drug-likeness (QED) is 0.377. The number of sulfonamides is 1. The van der Waals surface area contributed by atoms with Gasteiger partial charge in [0.2, 0.25) is 10.0 Å². The van der Waals surface area contributed by atoms with Gasteiger partial charge in [-0.05, 0) is 58.1 Å². The Balaban J connectivity index is 1.60. The van der Waals surface area contributed by atoms with Crippen LogP contribution in [0.25, 0.3) is 0 Å². The van der Waals surface area contributed by atoms with Crippen molar-refractivity contribution in [3.8, 4) is 0 Å². The second kappa shape index (κ2) is 11.7. The number of nitrogens with one attached hydrogen (secondary N) is 1. The number of furan rings is 1. The zero-order valence-corrected chi connectivity index (χ0v) is 20.7. The smallest absolute Gasteiger partial charge is 0.309 e. The maximum absolute atomic E-state index is 13.1. The molecule has 1 fully saturated rings. The maximum Gasteiger partial charge on any atom is 0.309 e. The largest absolute Gasteiger partial charge is 0.468 e.